The van der Waals surface area contributed by atoms with Crippen molar-refractivity contribution in [2.24, 2.45) is 0 Å². The van der Waals surface area contributed by atoms with Crippen LogP contribution >= 0.6 is 0 Å². The topological polar surface area (TPSA) is 73.7 Å². The minimum absolute atomic E-state index is 0.227. The number of amides is 1. The summed E-state index contributed by atoms with van der Waals surface area (Å²) in [5.41, 5.74) is 0.926. The predicted molar refractivity (Wildman–Crippen MR) is 65.8 cm³/mol. The number of carboxylic acid groups (broad SMARTS) is 1. The molecule has 2 heterocycles. The van der Waals surface area contributed by atoms with Crippen LogP contribution < -0.4 is 4.90 Å². The lowest BCUT2D eigenvalue weighted by Crippen LogP contribution is -2.46. The molecule has 96 valence electrons. The van der Waals surface area contributed by atoms with E-state index < -0.39 is 5.97 Å². The van der Waals surface area contributed by atoms with Gasteiger partial charge >= 0.3 is 5.97 Å². The zero-order valence-corrected chi connectivity index (χ0v) is 10.2. The van der Waals surface area contributed by atoms with Gasteiger partial charge in [-0.05, 0) is 18.6 Å². The van der Waals surface area contributed by atoms with E-state index in [2.05, 4.69) is 9.88 Å². The maximum Gasteiger partial charge on any atom is 0.337 e. The van der Waals surface area contributed by atoms with Crippen molar-refractivity contribution in [3.63, 3.8) is 0 Å². The monoisotopic (exact) mass is 249 g/mol. The molecule has 1 aliphatic rings. The van der Waals surface area contributed by atoms with Gasteiger partial charge in [0.05, 0.1) is 5.56 Å². The third kappa shape index (κ3) is 2.42. The lowest BCUT2D eigenvalue weighted by atomic mass is 10.1. The van der Waals surface area contributed by atoms with Gasteiger partial charge in [0.2, 0.25) is 6.41 Å². The fourth-order valence-corrected chi connectivity index (χ4v) is 1.99. The summed E-state index contributed by atoms with van der Waals surface area (Å²) < 4.78 is 0. The number of hydrogen-bond donors (Lipinski definition) is 1. The molecular weight excluding hydrogens is 234 g/mol. The van der Waals surface area contributed by atoms with Crippen LogP contribution in [-0.2, 0) is 4.79 Å². The van der Waals surface area contributed by atoms with Crippen molar-refractivity contribution in [2.45, 2.75) is 6.92 Å². The highest BCUT2D eigenvalue weighted by Gasteiger charge is 2.18. The SMILES string of the molecule is Cc1cc(N2CCN(C=O)CC2)ncc1C(=O)O. The van der Waals surface area contributed by atoms with Gasteiger partial charge < -0.3 is 14.9 Å². The van der Waals surface area contributed by atoms with Gasteiger partial charge in [0.15, 0.2) is 0 Å². The number of aryl methyl sites for hydroxylation is 1. The second-order valence-electron chi connectivity index (χ2n) is 4.29. The Morgan fingerprint density at radius 3 is 2.56 bits per heavy atom. The number of rotatable bonds is 3. The van der Waals surface area contributed by atoms with Gasteiger partial charge in [-0.15, -0.1) is 0 Å². The summed E-state index contributed by atoms with van der Waals surface area (Å²) >= 11 is 0. The van der Waals surface area contributed by atoms with Crippen molar-refractivity contribution < 1.29 is 14.7 Å². The van der Waals surface area contributed by atoms with Crippen LogP contribution in [0.25, 0.3) is 0 Å². The van der Waals surface area contributed by atoms with Crippen molar-refractivity contribution >= 4 is 18.2 Å². The van der Waals surface area contributed by atoms with Crippen LogP contribution in [0.5, 0.6) is 0 Å². The number of piperazine rings is 1. The van der Waals surface area contributed by atoms with E-state index >= 15 is 0 Å². The largest absolute Gasteiger partial charge is 0.478 e. The first-order valence-electron chi connectivity index (χ1n) is 5.76. The first kappa shape index (κ1) is 12.3. The number of carbonyl (C=O) groups is 2. The smallest absolute Gasteiger partial charge is 0.337 e. The molecule has 0 radical (unpaired) electrons. The third-order valence-corrected chi connectivity index (χ3v) is 3.11. The Morgan fingerprint density at radius 1 is 1.39 bits per heavy atom. The maximum absolute atomic E-state index is 10.9. The van der Waals surface area contributed by atoms with E-state index in [9.17, 15) is 9.59 Å². The standard InChI is InChI=1S/C12H15N3O3/c1-9-6-11(13-7-10(9)12(17)18)15-4-2-14(8-16)3-5-15/h6-8H,2-5H2,1H3,(H,17,18). The molecule has 1 aliphatic heterocycles. The number of anilines is 1. The molecular formula is C12H15N3O3. The number of aromatic nitrogens is 1. The van der Waals surface area contributed by atoms with Crippen LogP contribution in [0.15, 0.2) is 12.3 Å². The van der Waals surface area contributed by atoms with Crippen molar-refractivity contribution in [3.8, 4) is 0 Å². The second-order valence-corrected chi connectivity index (χ2v) is 4.29. The Balaban J connectivity index is 2.13. The van der Waals surface area contributed by atoms with Crippen LogP contribution in [0, 0.1) is 6.92 Å². The fourth-order valence-electron chi connectivity index (χ4n) is 1.99. The molecule has 0 atom stereocenters. The molecule has 6 nitrogen and oxygen atoms in total. The van der Waals surface area contributed by atoms with Crippen LogP contribution in [-0.4, -0.2) is 53.5 Å². The van der Waals surface area contributed by atoms with Gasteiger partial charge in [-0.3, -0.25) is 4.79 Å². The molecule has 1 aromatic rings. The van der Waals surface area contributed by atoms with Gasteiger partial charge in [0, 0.05) is 32.4 Å². The Kier molecular flexibility index (Phi) is 3.45. The number of carboxylic acids is 1. The molecule has 0 bridgehead atoms. The highest BCUT2D eigenvalue weighted by molar-refractivity contribution is 5.89. The molecule has 0 aliphatic carbocycles. The van der Waals surface area contributed by atoms with E-state index in [4.69, 9.17) is 5.11 Å². The van der Waals surface area contributed by atoms with Gasteiger partial charge in [0.25, 0.3) is 0 Å². The lowest BCUT2D eigenvalue weighted by molar-refractivity contribution is -0.118. The Bertz CT molecular complexity index is 468. The minimum Gasteiger partial charge on any atom is -0.478 e. The summed E-state index contributed by atoms with van der Waals surface area (Å²) in [6.07, 6.45) is 2.24. The maximum atomic E-state index is 10.9. The van der Waals surface area contributed by atoms with E-state index in [1.165, 1.54) is 6.20 Å². The molecule has 0 unspecified atom stereocenters. The molecule has 1 amide bonds. The minimum atomic E-state index is -0.961. The van der Waals surface area contributed by atoms with Gasteiger partial charge in [-0.25, -0.2) is 9.78 Å². The number of carbonyl (C=O) groups excluding carboxylic acids is 1. The fraction of sp³-hybridized carbons (Fsp3) is 0.417. The second kappa shape index (κ2) is 5.03. The Labute approximate surface area is 105 Å². The first-order chi connectivity index (χ1) is 8.61. The molecule has 1 saturated heterocycles. The van der Waals surface area contributed by atoms with Crippen LogP contribution in [0.3, 0.4) is 0 Å². The first-order valence-corrected chi connectivity index (χ1v) is 5.76. The summed E-state index contributed by atoms with van der Waals surface area (Å²) in [4.78, 5) is 29.4. The zero-order chi connectivity index (χ0) is 13.1. The number of hydrogen-bond acceptors (Lipinski definition) is 4. The van der Waals surface area contributed by atoms with Crippen LogP contribution in [0.2, 0.25) is 0 Å². The van der Waals surface area contributed by atoms with Gasteiger partial charge in [-0.1, -0.05) is 0 Å². The molecule has 0 spiro atoms. The average Bonchev–Trinajstić information content (AvgIpc) is 2.38. The normalized spacial score (nSPS) is 15.6. The molecule has 2 rings (SSSR count). The highest BCUT2D eigenvalue weighted by Crippen LogP contribution is 2.17. The van der Waals surface area contributed by atoms with Gasteiger partial charge in [-0.2, -0.15) is 0 Å². The number of nitrogens with zero attached hydrogens (tertiary/aromatic N) is 3. The zero-order valence-electron chi connectivity index (χ0n) is 10.2. The van der Waals surface area contributed by atoms with Crippen molar-refractivity contribution in [1.29, 1.82) is 0 Å². The van der Waals surface area contributed by atoms with Crippen LogP contribution in [0.1, 0.15) is 15.9 Å². The van der Waals surface area contributed by atoms with Crippen molar-refractivity contribution in [2.75, 3.05) is 31.1 Å². The molecule has 0 aromatic carbocycles. The lowest BCUT2D eigenvalue weighted by Gasteiger charge is -2.33. The van der Waals surface area contributed by atoms with E-state index in [1.54, 1.807) is 17.9 Å². The molecule has 18 heavy (non-hydrogen) atoms. The molecule has 1 fully saturated rings. The average molecular weight is 249 g/mol. The summed E-state index contributed by atoms with van der Waals surface area (Å²) in [5, 5.41) is 8.93. The van der Waals surface area contributed by atoms with E-state index in [0.29, 0.717) is 18.7 Å². The summed E-state index contributed by atoms with van der Waals surface area (Å²) in [6.45, 7) is 4.54. The molecule has 0 saturated carbocycles. The van der Waals surface area contributed by atoms with Crippen molar-refractivity contribution in [1.82, 2.24) is 9.88 Å². The van der Waals surface area contributed by atoms with Crippen molar-refractivity contribution in [3.05, 3.63) is 23.4 Å². The Morgan fingerprint density at radius 2 is 2.06 bits per heavy atom. The quantitative estimate of drug-likeness (QED) is 0.783. The summed E-state index contributed by atoms with van der Waals surface area (Å²) in [7, 11) is 0. The van der Waals surface area contributed by atoms with E-state index in [1.807, 2.05) is 0 Å². The van der Waals surface area contributed by atoms with Gasteiger partial charge in [0.1, 0.15) is 5.82 Å². The van der Waals surface area contributed by atoms with Crippen LogP contribution in [0.4, 0.5) is 5.82 Å². The molecule has 1 aromatic heterocycles. The summed E-state index contributed by atoms with van der Waals surface area (Å²) in [5.74, 6) is -0.194. The number of pyridine rings is 1. The van der Waals surface area contributed by atoms with E-state index in [-0.39, 0.29) is 5.56 Å². The predicted octanol–water partition coefficient (Wildman–Crippen LogP) is 0.367. The molecule has 6 heteroatoms. The molecule has 1 N–H and O–H groups in total. The number of aromatic carboxylic acids is 1. The van der Waals surface area contributed by atoms with E-state index in [0.717, 1.165) is 25.3 Å². The highest BCUT2D eigenvalue weighted by atomic mass is 16.4. The summed E-state index contributed by atoms with van der Waals surface area (Å²) in [6, 6.07) is 1.78. The third-order valence-electron chi connectivity index (χ3n) is 3.11. The Hall–Kier alpha value is -2.11.